The zero-order chi connectivity index (χ0) is 13.5. The molecule has 1 unspecified atom stereocenters. The van der Waals surface area contributed by atoms with Crippen LogP contribution in [0.5, 0.6) is 0 Å². The maximum Gasteiger partial charge on any atom is 0.426 e. The molecule has 0 fully saturated rings. The van der Waals surface area contributed by atoms with Crippen molar-refractivity contribution in [1.82, 2.24) is 0 Å². The van der Waals surface area contributed by atoms with E-state index in [1.54, 1.807) is 22.7 Å². The molecule has 0 saturated carbocycles. The van der Waals surface area contributed by atoms with E-state index >= 15 is 0 Å². The lowest BCUT2D eigenvalue weighted by molar-refractivity contribution is 0.598. The molecule has 0 aliphatic heterocycles. The highest BCUT2D eigenvalue weighted by molar-refractivity contribution is 7.69. The summed E-state index contributed by atoms with van der Waals surface area (Å²) < 4.78 is 17.4. The van der Waals surface area contributed by atoms with Crippen molar-refractivity contribution >= 4 is 59.9 Å². The summed E-state index contributed by atoms with van der Waals surface area (Å²) >= 11 is 3.44. The van der Waals surface area contributed by atoms with Crippen LogP contribution in [0.2, 0.25) is 0 Å². The molecule has 2 aromatic carbocycles. The Kier molecular flexibility index (Phi) is 2.92. The molecule has 0 aliphatic rings. The predicted octanol–water partition coefficient (Wildman–Crippen LogP) is 4.89. The fourth-order valence-electron chi connectivity index (χ4n) is 2.28. The maximum atomic E-state index is 12.6. The summed E-state index contributed by atoms with van der Waals surface area (Å²) in [5.41, 5.74) is 0. The lowest BCUT2D eigenvalue weighted by Gasteiger charge is -1.86. The van der Waals surface area contributed by atoms with Gasteiger partial charge >= 0.3 is 7.80 Å². The molecule has 0 radical (unpaired) electrons. The van der Waals surface area contributed by atoms with Crippen molar-refractivity contribution in [3.8, 4) is 0 Å². The first kappa shape index (κ1) is 12.2. The zero-order valence-electron chi connectivity index (χ0n) is 10.4. The first-order valence-electron chi connectivity index (χ1n) is 6.26. The molecule has 96 valence electrons. The summed E-state index contributed by atoms with van der Waals surface area (Å²) in [6.07, 6.45) is 0. The summed E-state index contributed by atoms with van der Waals surface area (Å²) in [7, 11) is -1.47. The van der Waals surface area contributed by atoms with Crippen LogP contribution in [0.15, 0.2) is 60.7 Å². The lowest BCUT2D eigenvalue weighted by Crippen LogP contribution is -2.01. The van der Waals surface area contributed by atoms with E-state index in [0.29, 0.717) is 0 Å². The Morgan fingerprint density at radius 3 is 2.40 bits per heavy atom. The molecule has 2 heterocycles. The van der Waals surface area contributed by atoms with Gasteiger partial charge in [0.2, 0.25) is 0 Å². The first-order valence-corrected chi connectivity index (χ1v) is 9.15. The Morgan fingerprint density at radius 2 is 1.55 bits per heavy atom. The molecule has 1 atom stereocenters. The SMILES string of the molecule is O=[P+](c1ccccc1)c1cc2sc3ccccc3c2s1. The lowest BCUT2D eigenvalue weighted by atomic mass is 10.2. The summed E-state index contributed by atoms with van der Waals surface area (Å²) in [6.45, 7) is 0. The van der Waals surface area contributed by atoms with Gasteiger partial charge in [0.1, 0.15) is 0 Å². The summed E-state index contributed by atoms with van der Waals surface area (Å²) in [5, 5.41) is 2.18. The van der Waals surface area contributed by atoms with Crippen molar-refractivity contribution in [2.75, 3.05) is 0 Å². The molecule has 0 saturated heterocycles. The van der Waals surface area contributed by atoms with Gasteiger partial charge in [-0.1, -0.05) is 52.3 Å². The van der Waals surface area contributed by atoms with Gasteiger partial charge in [-0.15, -0.1) is 11.3 Å². The largest absolute Gasteiger partial charge is 0.426 e. The van der Waals surface area contributed by atoms with Crippen LogP contribution in [0.25, 0.3) is 19.5 Å². The van der Waals surface area contributed by atoms with Crippen LogP contribution in [-0.2, 0) is 4.57 Å². The van der Waals surface area contributed by atoms with Gasteiger partial charge in [0, 0.05) is 16.2 Å². The van der Waals surface area contributed by atoms with E-state index in [1.165, 1.54) is 19.5 Å². The highest BCUT2D eigenvalue weighted by atomic mass is 32.1. The number of thiophene rings is 2. The number of rotatable bonds is 2. The second-order valence-corrected chi connectivity index (χ2v) is 8.53. The molecular weight excluding hydrogens is 303 g/mol. The van der Waals surface area contributed by atoms with Crippen LogP contribution in [0, 0.1) is 0 Å². The molecule has 4 aromatic rings. The maximum absolute atomic E-state index is 12.6. The Morgan fingerprint density at radius 1 is 0.800 bits per heavy atom. The van der Waals surface area contributed by atoms with Crippen LogP contribution in [0.4, 0.5) is 0 Å². The van der Waals surface area contributed by atoms with Crippen LogP contribution in [-0.4, -0.2) is 0 Å². The Hall–Kier alpha value is -1.54. The van der Waals surface area contributed by atoms with E-state index in [2.05, 4.69) is 30.3 Å². The number of hydrogen-bond donors (Lipinski definition) is 0. The molecule has 0 aliphatic carbocycles. The Balaban J connectivity index is 1.87. The molecule has 0 bridgehead atoms. The summed E-state index contributed by atoms with van der Waals surface area (Å²) in [5.74, 6) is 0. The Bertz CT molecular complexity index is 921. The van der Waals surface area contributed by atoms with Crippen molar-refractivity contribution in [3.05, 3.63) is 60.7 Å². The minimum Gasteiger partial charge on any atom is -0.134 e. The zero-order valence-corrected chi connectivity index (χ0v) is 13.0. The molecular formula is C16H10OPS2+. The topological polar surface area (TPSA) is 17.1 Å². The fraction of sp³-hybridized carbons (Fsp3) is 0. The second-order valence-electron chi connectivity index (χ2n) is 4.51. The monoisotopic (exact) mass is 313 g/mol. The standard InChI is InChI=1S/C16H10OPS2/c17-18(11-6-2-1-3-7-11)15-10-14-16(20-15)12-8-4-5-9-13(12)19-14/h1-10H/q+1. The normalized spacial score (nSPS) is 12.1. The molecule has 20 heavy (non-hydrogen) atoms. The van der Waals surface area contributed by atoms with Crippen molar-refractivity contribution in [3.63, 3.8) is 0 Å². The van der Waals surface area contributed by atoms with Crippen molar-refractivity contribution < 1.29 is 4.57 Å². The third-order valence-corrected chi connectivity index (χ3v) is 7.51. The average molecular weight is 313 g/mol. The highest BCUT2D eigenvalue weighted by Crippen LogP contribution is 2.39. The van der Waals surface area contributed by atoms with Crippen LogP contribution in [0.1, 0.15) is 0 Å². The molecule has 4 rings (SSSR count). The van der Waals surface area contributed by atoms with Gasteiger partial charge in [0.15, 0.2) is 5.30 Å². The molecule has 1 nitrogen and oxygen atoms in total. The van der Waals surface area contributed by atoms with E-state index in [-0.39, 0.29) is 0 Å². The number of hydrogen-bond acceptors (Lipinski definition) is 3. The van der Waals surface area contributed by atoms with Gasteiger partial charge in [0.05, 0.1) is 9.40 Å². The van der Waals surface area contributed by atoms with Crippen LogP contribution in [0.3, 0.4) is 0 Å². The van der Waals surface area contributed by atoms with Gasteiger partial charge in [0.25, 0.3) is 4.62 Å². The third-order valence-electron chi connectivity index (χ3n) is 3.23. The average Bonchev–Trinajstić information content (AvgIpc) is 3.05. The van der Waals surface area contributed by atoms with E-state index in [1.807, 2.05) is 30.3 Å². The smallest absolute Gasteiger partial charge is 0.134 e. The third kappa shape index (κ3) is 1.90. The molecule has 0 amide bonds. The molecule has 2 aromatic heterocycles. The van der Waals surface area contributed by atoms with E-state index in [9.17, 15) is 4.57 Å². The van der Waals surface area contributed by atoms with Crippen LogP contribution < -0.4 is 9.92 Å². The van der Waals surface area contributed by atoms with Crippen LogP contribution >= 0.6 is 30.5 Å². The van der Waals surface area contributed by atoms with E-state index in [0.717, 1.165) is 9.92 Å². The molecule has 0 spiro atoms. The fourth-order valence-corrected chi connectivity index (χ4v) is 6.50. The quantitative estimate of drug-likeness (QED) is 0.481. The minimum absolute atomic E-state index is 0.903. The van der Waals surface area contributed by atoms with Gasteiger partial charge in [-0.25, -0.2) is 0 Å². The van der Waals surface area contributed by atoms with Gasteiger partial charge in [-0.3, -0.25) is 0 Å². The highest BCUT2D eigenvalue weighted by Gasteiger charge is 2.27. The van der Waals surface area contributed by atoms with Gasteiger partial charge in [-0.2, -0.15) is 0 Å². The number of fused-ring (bicyclic) bond motifs is 3. The molecule has 0 N–H and O–H groups in total. The molecule has 4 heteroatoms. The number of benzene rings is 2. The predicted molar refractivity (Wildman–Crippen MR) is 90.5 cm³/mol. The summed E-state index contributed by atoms with van der Waals surface area (Å²) in [4.78, 5) is 0. The van der Waals surface area contributed by atoms with Crippen molar-refractivity contribution in [2.45, 2.75) is 0 Å². The Labute approximate surface area is 125 Å². The van der Waals surface area contributed by atoms with Gasteiger partial charge in [-0.05, 0) is 18.2 Å². The van der Waals surface area contributed by atoms with Gasteiger partial charge < -0.3 is 0 Å². The second kappa shape index (κ2) is 4.78. The van der Waals surface area contributed by atoms with E-state index < -0.39 is 7.80 Å². The van der Waals surface area contributed by atoms with Crippen molar-refractivity contribution in [2.24, 2.45) is 0 Å². The first-order chi connectivity index (χ1) is 9.83. The minimum atomic E-state index is -1.47. The summed E-state index contributed by atoms with van der Waals surface area (Å²) in [6, 6.07) is 20.2. The van der Waals surface area contributed by atoms with E-state index in [4.69, 9.17) is 0 Å². The van der Waals surface area contributed by atoms with Crippen molar-refractivity contribution in [1.29, 1.82) is 0 Å².